The van der Waals surface area contributed by atoms with Crippen molar-refractivity contribution in [2.45, 2.75) is 275 Å². The Morgan fingerprint density at radius 2 is 0.810 bits per heavy atom. The molecule has 372 valence electrons. The van der Waals surface area contributed by atoms with Crippen LogP contribution in [0.2, 0.25) is 0 Å². The van der Waals surface area contributed by atoms with Crippen molar-refractivity contribution in [3.8, 4) is 0 Å². The largest absolute Gasteiger partial charge is 0.472 e. The van der Waals surface area contributed by atoms with Gasteiger partial charge in [0.25, 0.3) is 0 Å². The number of ether oxygens (including phenoxy) is 2. The lowest BCUT2D eigenvalue weighted by atomic mass is 9.85. The fourth-order valence-corrected chi connectivity index (χ4v) is 8.96. The van der Waals surface area contributed by atoms with Crippen molar-refractivity contribution in [3.05, 3.63) is 12.2 Å². The summed E-state index contributed by atoms with van der Waals surface area (Å²) in [5.74, 6) is -1.09. The van der Waals surface area contributed by atoms with Gasteiger partial charge < -0.3 is 39.9 Å². The lowest BCUT2D eigenvalue weighted by Gasteiger charge is -2.41. The standard InChI is InChI=1S/C49H93O13P/c1-3-5-7-9-11-13-15-17-18-19-20-21-22-23-24-26-28-30-32-34-36-38-43(51)61-41(40-60-63(57,58)62-49-47(55)45(53)44(52)46(54)48(49)56)39-59-42(50)37-35-33-31-29-27-25-16-14-12-10-8-6-4-2/h17-18,41,44-49,52-56H,3-16,19-40H2,1-2H3,(H,57,58)/b18-17+/t41-,44?,45-,46?,47?,48?,49?/m1/s1. The molecule has 0 spiro atoms. The van der Waals surface area contributed by atoms with Crippen LogP contribution < -0.4 is 0 Å². The Labute approximate surface area is 382 Å². The van der Waals surface area contributed by atoms with Gasteiger partial charge in [0.1, 0.15) is 43.2 Å². The number of phosphoric acid groups is 1. The number of esters is 2. The Hall–Kier alpha value is -1.41. The van der Waals surface area contributed by atoms with Crippen molar-refractivity contribution < 1.29 is 63.1 Å². The van der Waals surface area contributed by atoms with Crippen molar-refractivity contribution in [2.75, 3.05) is 13.2 Å². The van der Waals surface area contributed by atoms with Crippen LogP contribution in [0.4, 0.5) is 0 Å². The van der Waals surface area contributed by atoms with Gasteiger partial charge in [0.05, 0.1) is 6.61 Å². The van der Waals surface area contributed by atoms with Crippen molar-refractivity contribution in [1.82, 2.24) is 0 Å². The van der Waals surface area contributed by atoms with E-state index in [4.69, 9.17) is 18.5 Å². The first-order chi connectivity index (χ1) is 30.4. The molecule has 0 amide bonds. The van der Waals surface area contributed by atoms with Gasteiger partial charge in [-0.25, -0.2) is 4.57 Å². The SMILES string of the molecule is CCCCCCCC/C=C/CCCCCCCCCCCCCC(=O)O[C@H](COC(=O)CCCCCCCCCCCCCCC)COP(=O)(O)OC1C(O)C(O)C(O)[C@@H](O)C1O. The van der Waals surface area contributed by atoms with Gasteiger partial charge in [-0.15, -0.1) is 0 Å². The van der Waals surface area contributed by atoms with Crippen LogP contribution in [-0.4, -0.2) is 98.3 Å². The van der Waals surface area contributed by atoms with E-state index < -0.39 is 75.7 Å². The predicted molar refractivity (Wildman–Crippen MR) is 249 cm³/mol. The summed E-state index contributed by atoms with van der Waals surface area (Å²) in [5, 5.41) is 50.2. The quantitative estimate of drug-likeness (QED) is 0.0146. The zero-order valence-electron chi connectivity index (χ0n) is 39.6. The predicted octanol–water partition coefficient (Wildman–Crippen LogP) is 10.6. The smallest absolute Gasteiger partial charge is 0.462 e. The summed E-state index contributed by atoms with van der Waals surface area (Å²) in [6.45, 7) is 3.32. The monoisotopic (exact) mass is 921 g/mol. The Kier molecular flexibility index (Phi) is 37.6. The third-order valence-corrected chi connectivity index (χ3v) is 13.1. The second-order valence-corrected chi connectivity index (χ2v) is 19.4. The van der Waals surface area contributed by atoms with Crippen molar-refractivity contribution >= 4 is 19.8 Å². The summed E-state index contributed by atoms with van der Waals surface area (Å²) in [6.07, 6.45) is 29.8. The maximum absolute atomic E-state index is 12.8. The second kappa shape index (κ2) is 39.7. The number of rotatable bonds is 43. The van der Waals surface area contributed by atoms with E-state index in [-0.39, 0.29) is 12.8 Å². The summed E-state index contributed by atoms with van der Waals surface area (Å²) in [4.78, 5) is 35.8. The van der Waals surface area contributed by atoms with E-state index in [0.29, 0.717) is 12.8 Å². The lowest BCUT2D eigenvalue weighted by Crippen LogP contribution is -2.64. The van der Waals surface area contributed by atoms with Gasteiger partial charge in [-0.1, -0.05) is 193 Å². The summed E-state index contributed by atoms with van der Waals surface area (Å²) in [6, 6.07) is 0. The van der Waals surface area contributed by atoms with Gasteiger partial charge in [0.15, 0.2) is 6.10 Å². The minimum atomic E-state index is -5.11. The zero-order chi connectivity index (χ0) is 46.4. The van der Waals surface area contributed by atoms with Crippen molar-refractivity contribution in [3.63, 3.8) is 0 Å². The van der Waals surface area contributed by atoms with Crippen LogP contribution in [-0.2, 0) is 32.7 Å². The third kappa shape index (κ3) is 32.0. The number of aliphatic hydroxyl groups excluding tert-OH is 5. The van der Waals surface area contributed by atoms with Gasteiger partial charge in [-0.2, -0.15) is 0 Å². The van der Waals surface area contributed by atoms with Crippen LogP contribution in [0.5, 0.6) is 0 Å². The molecule has 1 rings (SSSR count). The van der Waals surface area contributed by atoms with Crippen LogP contribution in [0, 0.1) is 0 Å². The van der Waals surface area contributed by atoms with Crippen LogP contribution in [0.25, 0.3) is 0 Å². The highest BCUT2D eigenvalue weighted by atomic mass is 31.2. The van der Waals surface area contributed by atoms with Crippen LogP contribution in [0.3, 0.4) is 0 Å². The van der Waals surface area contributed by atoms with E-state index in [1.165, 1.54) is 148 Å². The Morgan fingerprint density at radius 3 is 1.21 bits per heavy atom. The van der Waals surface area contributed by atoms with Crippen LogP contribution in [0.15, 0.2) is 12.2 Å². The molecule has 0 bridgehead atoms. The number of carbonyl (C=O) groups excluding carboxylic acids is 2. The Bertz CT molecular complexity index is 1160. The maximum Gasteiger partial charge on any atom is 0.472 e. The van der Waals surface area contributed by atoms with E-state index >= 15 is 0 Å². The number of allylic oxidation sites excluding steroid dienone is 2. The first-order valence-electron chi connectivity index (χ1n) is 25.5. The number of carbonyl (C=O) groups is 2. The Balaban J connectivity index is 2.37. The highest BCUT2D eigenvalue weighted by Gasteiger charge is 2.51. The van der Waals surface area contributed by atoms with Crippen molar-refractivity contribution in [1.29, 1.82) is 0 Å². The van der Waals surface area contributed by atoms with Crippen LogP contribution in [0.1, 0.15) is 232 Å². The zero-order valence-corrected chi connectivity index (χ0v) is 40.5. The van der Waals surface area contributed by atoms with E-state index in [9.17, 15) is 44.6 Å². The molecule has 63 heavy (non-hydrogen) atoms. The average Bonchev–Trinajstić information content (AvgIpc) is 3.26. The van der Waals surface area contributed by atoms with Crippen LogP contribution >= 0.6 is 7.82 Å². The van der Waals surface area contributed by atoms with E-state index in [1.807, 2.05) is 0 Å². The fourth-order valence-electron chi connectivity index (χ4n) is 7.99. The maximum atomic E-state index is 12.8. The summed E-state index contributed by atoms with van der Waals surface area (Å²) in [7, 11) is -5.11. The minimum Gasteiger partial charge on any atom is -0.462 e. The first-order valence-corrected chi connectivity index (χ1v) is 27.0. The third-order valence-electron chi connectivity index (χ3n) is 12.1. The minimum absolute atomic E-state index is 0.101. The number of hydrogen-bond donors (Lipinski definition) is 6. The van der Waals surface area contributed by atoms with Gasteiger partial charge >= 0.3 is 19.8 Å². The molecule has 0 radical (unpaired) electrons. The topological polar surface area (TPSA) is 210 Å². The highest BCUT2D eigenvalue weighted by Crippen LogP contribution is 2.47. The molecule has 0 heterocycles. The second-order valence-electron chi connectivity index (χ2n) is 18.0. The molecule has 0 saturated heterocycles. The molecule has 6 unspecified atom stereocenters. The number of phosphoric ester groups is 1. The molecule has 14 heteroatoms. The van der Waals surface area contributed by atoms with Gasteiger partial charge in [-0.05, 0) is 38.5 Å². The number of hydrogen-bond acceptors (Lipinski definition) is 12. The molecule has 13 nitrogen and oxygen atoms in total. The highest BCUT2D eigenvalue weighted by molar-refractivity contribution is 7.47. The van der Waals surface area contributed by atoms with E-state index in [2.05, 4.69) is 26.0 Å². The summed E-state index contributed by atoms with van der Waals surface area (Å²) < 4.78 is 33.6. The molecular weight excluding hydrogens is 828 g/mol. The molecule has 0 aromatic rings. The summed E-state index contributed by atoms with van der Waals surface area (Å²) in [5.41, 5.74) is 0. The normalized spacial score (nSPS) is 21.7. The van der Waals surface area contributed by atoms with E-state index in [1.54, 1.807) is 0 Å². The molecular formula is C49H93O13P. The molecule has 1 saturated carbocycles. The molecule has 0 aromatic carbocycles. The van der Waals surface area contributed by atoms with Gasteiger partial charge in [0, 0.05) is 12.8 Å². The van der Waals surface area contributed by atoms with Gasteiger partial charge in [0.2, 0.25) is 0 Å². The molecule has 1 fully saturated rings. The lowest BCUT2D eigenvalue weighted by molar-refractivity contribution is -0.220. The van der Waals surface area contributed by atoms with Crippen molar-refractivity contribution in [2.24, 2.45) is 0 Å². The molecule has 6 N–H and O–H groups in total. The average molecular weight is 921 g/mol. The number of unbranched alkanes of at least 4 members (excludes halogenated alkanes) is 29. The first kappa shape index (κ1) is 59.6. The fraction of sp³-hybridized carbons (Fsp3) is 0.918. The van der Waals surface area contributed by atoms with Gasteiger partial charge in [-0.3, -0.25) is 18.6 Å². The molecule has 8 atom stereocenters. The molecule has 0 aromatic heterocycles. The Morgan fingerprint density at radius 1 is 0.476 bits per heavy atom. The molecule has 1 aliphatic carbocycles. The molecule has 0 aliphatic heterocycles. The van der Waals surface area contributed by atoms with E-state index in [0.717, 1.165) is 44.9 Å². The molecule has 1 aliphatic rings. The summed E-state index contributed by atoms with van der Waals surface area (Å²) >= 11 is 0. The number of aliphatic hydroxyl groups is 5.